The molecule has 0 aliphatic rings. The third kappa shape index (κ3) is 30.4. The first-order valence-corrected chi connectivity index (χ1v) is 28.9. The highest BCUT2D eigenvalue weighted by atomic mass is 16.6. The second kappa shape index (κ2) is 45.0. The Bertz CT molecular complexity index is 1610. The number of unbranched alkanes of at least 4 members (excludes halogenated alkanes) is 24. The summed E-state index contributed by atoms with van der Waals surface area (Å²) in [5.41, 5.74) is 0.602. The maximum absolute atomic E-state index is 13.5. The summed E-state index contributed by atoms with van der Waals surface area (Å²) < 4.78 is 49.2. The third-order valence-electron chi connectivity index (χ3n) is 12.3. The van der Waals surface area contributed by atoms with Crippen molar-refractivity contribution in [3.8, 4) is 58.2 Å². The van der Waals surface area contributed by atoms with E-state index in [0.717, 1.165) is 103 Å². The Labute approximate surface area is 438 Å². The van der Waals surface area contributed by atoms with Crippen molar-refractivity contribution in [3.05, 3.63) is 35.4 Å². The SMILES string of the molecule is CCCCCCCOc1cc(C(=O)OCC#CC#CCOC(=O)c2cc(OCCCCCCC)c(OCCCCCCC)c(OCCCCCCC)c2)cc(OCCCCCCC)c1OCCCCCCC. The van der Waals surface area contributed by atoms with Gasteiger partial charge in [-0.25, -0.2) is 9.59 Å². The van der Waals surface area contributed by atoms with E-state index in [1.807, 2.05) is 0 Å². The average molecular weight is 1000 g/mol. The molecule has 10 nitrogen and oxygen atoms in total. The van der Waals surface area contributed by atoms with Gasteiger partial charge >= 0.3 is 11.9 Å². The van der Waals surface area contributed by atoms with Crippen molar-refractivity contribution in [2.45, 2.75) is 234 Å². The van der Waals surface area contributed by atoms with Gasteiger partial charge in [-0.2, -0.15) is 0 Å². The molecule has 0 radical (unpaired) electrons. The van der Waals surface area contributed by atoms with Crippen molar-refractivity contribution in [1.82, 2.24) is 0 Å². The molecule has 72 heavy (non-hydrogen) atoms. The molecule has 0 saturated heterocycles. The lowest BCUT2D eigenvalue weighted by molar-refractivity contribution is 0.0546. The fourth-order valence-electron chi connectivity index (χ4n) is 7.94. The lowest BCUT2D eigenvalue weighted by Gasteiger charge is -2.18. The van der Waals surface area contributed by atoms with Crippen molar-refractivity contribution >= 4 is 11.9 Å². The highest BCUT2D eigenvalue weighted by Crippen LogP contribution is 2.41. The largest absolute Gasteiger partial charge is 0.490 e. The van der Waals surface area contributed by atoms with Crippen LogP contribution in [0.2, 0.25) is 0 Å². The van der Waals surface area contributed by atoms with Crippen LogP contribution in [0.3, 0.4) is 0 Å². The minimum Gasteiger partial charge on any atom is -0.490 e. The van der Waals surface area contributed by atoms with Crippen molar-refractivity contribution in [2.24, 2.45) is 0 Å². The Morgan fingerprint density at radius 2 is 0.542 bits per heavy atom. The molecule has 0 saturated carbocycles. The Morgan fingerprint density at radius 3 is 0.778 bits per heavy atom. The van der Waals surface area contributed by atoms with Gasteiger partial charge in [0.1, 0.15) is 0 Å². The molecule has 10 heteroatoms. The van der Waals surface area contributed by atoms with E-state index in [2.05, 4.69) is 65.2 Å². The molecule has 0 atom stereocenters. The number of carbonyl (C=O) groups is 2. The zero-order chi connectivity index (χ0) is 52.0. The normalized spacial score (nSPS) is 10.7. The highest BCUT2D eigenvalue weighted by Gasteiger charge is 2.22. The molecule has 0 unspecified atom stereocenters. The summed E-state index contributed by atoms with van der Waals surface area (Å²) in [7, 11) is 0. The number of hydrogen-bond acceptors (Lipinski definition) is 10. The van der Waals surface area contributed by atoms with Crippen LogP contribution in [-0.2, 0) is 9.47 Å². The minimum atomic E-state index is -0.555. The van der Waals surface area contributed by atoms with Gasteiger partial charge in [-0.15, -0.1) is 0 Å². The summed E-state index contributed by atoms with van der Waals surface area (Å²) in [5.74, 6) is 12.9. The van der Waals surface area contributed by atoms with Crippen LogP contribution in [0.1, 0.15) is 255 Å². The standard InChI is InChI=1S/C62H98O10/c1-7-13-19-25-33-41-65-55-49-53(50-56(66-42-34-26-20-14-8-2)59(55)69-45-37-29-23-17-11-5)61(63)71-47-39-31-32-40-48-72-62(64)54-51-57(67-43-35-27-21-15-9-3)60(70-46-38-30-24-18-12-6)58(52-54)68-44-36-28-22-16-10-4/h49-52H,7-30,33-38,41-48H2,1-6H3. The summed E-state index contributed by atoms with van der Waals surface area (Å²) in [6.07, 6.45) is 33.2. The van der Waals surface area contributed by atoms with E-state index in [1.54, 1.807) is 24.3 Å². The van der Waals surface area contributed by atoms with Gasteiger partial charge in [-0.05, 0) is 86.5 Å². The molecule has 0 heterocycles. The molecule has 0 N–H and O–H groups in total. The van der Waals surface area contributed by atoms with Gasteiger partial charge in [0.15, 0.2) is 36.2 Å². The van der Waals surface area contributed by atoms with Gasteiger partial charge in [0.25, 0.3) is 0 Å². The zero-order valence-electron chi connectivity index (χ0n) is 46.3. The molecule has 0 amide bonds. The monoisotopic (exact) mass is 1000 g/mol. The van der Waals surface area contributed by atoms with Crippen LogP contribution in [0.4, 0.5) is 0 Å². The predicted molar refractivity (Wildman–Crippen MR) is 295 cm³/mol. The Balaban J connectivity index is 2.21. The molecular formula is C62H98O10. The minimum absolute atomic E-state index is 0.180. The maximum Gasteiger partial charge on any atom is 0.339 e. The molecule has 0 bridgehead atoms. The lowest BCUT2D eigenvalue weighted by atomic mass is 10.1. The Hall–Kier alpha value is -4.70. The van der Waals surface area contributed by atoms with E-state index in [1.165, 1.54) is 89.9 Å². The number of benzene rings is 2. The molecular weight excluding hydrogens is 905 g/mol. The summed E-state index contributed by atoms with van der Waals surface area (Å²) in [6, 6.07) is 6.78. The van der Waals surface area contributed by atoms with Gasteiger partial charge in [0.05, 0.1) is 50.8 Å². The first-order valence-electron chi connectivity index (χ1n) is 28.9. The maximum atomic E-state index is 13.5. The summed E-state index contributed by atoms with van der Waals surface area (Å²) in [5, 5.41) is 0. The van der Waals surface area contributed by atoms with Crippen molar-refractivity contribution in [3.63, 3.8) is 0 Å². The fraction of sp³-hybridized carbons (Fsp3) is 0.710. The quantitative estimate of drug-likeness (QED) is 0.0361. The van der Waals surface area contributed by atoms with Gasteiger partial charge in [0.2, 0.25) is 11.5 Å². The third-order valence-corrected chi connectivity index (χ3v) is 12.3. The fourth-order valence-corrected chi connectivity index (χ4v) is 7.94. The van der Waals surface area contributed by atoms with Crippen molar-refractivity contribution < 1.29 is 47.5 Å². The molecule has 406 valence electrons. The second-order valence-corrected chi connectivity index (χ2v) is 18.9. The topological polar surface area (TPSA) is 108 Å². The predicted octanol–water partition coefficient (Wildman–Crippen LogP) is 16.8. The van der Waals surface area contributed by atoms with Crippen LogP contribution in [0.5, 0.6) is 34.5 Å². The van der Waals surface area contributed by atoms with Crippen LogP contribution >= 0.6 is 0 Å². The van der Waals surface area contributed by atoms with Crippen LogP contribution in [0, 0.1) is 23.7 Å². The second-order valence-electron chi connectivity index (χ2n) is 18.9. The van der Waals surface area contributed by atoms with Gasteiger partial charge in [-0.3, -0.25) is 0 Å². The number of esters is 2. The Morgan fingerprint density at radius 1 is 0.319 bits per heavy atom. The molecule has 0 aliphatic heterocycles. The van der Waals surface area contributed by atoms with Gasteiger partial charge in [-0.1, -0.05) is 196 Å². The number of hydrogen-bond donors (Lipinski definition) is 0. The molecule has 0 fully saturated rings. The van der Waals surface area contributed by atoms with E-state index in [9.17, 15) is 9.59 Å². The van der Waals surface area contributed by atoms with E-state index in [0.29, 0.717) is 85.3 Å². The van der Waals surface area contributed by atoms with E-state index in [4.69, 9.17) is 37.9 Å². The van der Waals surface area contributed by atoms with Crippen LogP contribution in [0.25, 0.3) is 0 Å². The average Bonchev–Trinajstić information content (AvgIpc) is 3.38. The molecule has 0 spiro atoms. The van der Waals surface area contributed by atoms with Crippen molar-refractivity contribution in [1.29, 1.82) is 0 Å². The number of carbonyl (C=O) groups excluding carboxylic acids is 2. The summed E-state index contributed by atoms with van der Waals surface area (Å²) in [4.78, 5) is 27.0. The first-order chi connectivity index (χ1) is 35.4. The van der Waals surface area contributed by atoms with E-state index < -0.39 is 11.9 Å². The first kappa shape index (κ1) is 63.4. The molecule has 2 rings (SSSR count). The van der Waals surface area contributed by atoms with E-state index in [-0.39, 0.29) is 13.2 Å². The highest BCUT2D eigenvalue weighted by molar-refractivity contribution is 5.92. The smallest absolute Gasteiger partial charge is 0.339 e. The van der Waals surface area contributed by atoms with Crippen molar-refractivity contribution in [2.75, 3.05) is 52.9 Å². The van der Waals surface area contributed by atoms with Crippen LogP contribution < -0.4 is 28.4 Å². The summed E-state index contributed by atoms with van der Waals surface area (Å²) in [6.45, 7) is 16.0. The molecule has 0 aromatic heterocycles. The van der Waals surface area contributed by atoms with Gasteiger partial charge in [0, 0.05) is 0 Å². The Kier molecular flexibility index (Phi) is 39.6. The lowest BCUT2D eigenvalue weighted by Crippen LogP contribution is -2.10. The van der Waals surface area contributed by atoms with E-state index >= 15 is 0 Å². The van der Waals surface area contributed by atoms with Crippen LogP contribution in [0.15, 0.2) is 24.3 Å². The number of rotatable bonds is 46. The zero-order valence-corrected chi connectivity index (χ0v) is 46.3. The molecule has 2 aromatic carbocycles. The van der Waals surface area contributed by atoms with Crippen LogP contribution in [-0.4, -0.2) is 64.8 Å². The molecule has 0 aliphatic carbocycles. The van der Waals surface area contributed by atoms with Gasteiger partial charge < -0.3 is 37.9 Å². The summed E-state index contributed by atoms with van der Waals surface area (Å²) >= 11 is 0. The number of ether oxygens (including phenoxy) is 8. The molecule has 2 aromatic rings.